The zero-order chi connectivity index (χ0) is 15.7. The van der Waals surface area contributed by atoms with Crippen molar-refractivity contribution in [3.63, 3.8) is 0 Å². The zero-order valence-electron chi connectivity index (χ0n) is 13.2. The molecule has 0 saturated carbocycles. The number of aromatic nitrogens is 4. The van der Waals surface area contributed by atoms with E-state index in [4.69, 9.17) is 4.74 Å². The molecule has 1 amide bonds. The van der Waals surface area contributed by atoms with Crippen LogP contribution in [0.2, 0.25) is 0 Å². The highest BCUT2D eigenvalue weighted by atomic mass is 16.5. The Bertz CT molecular complexity index is 675. The molecule has 1 aliphatic rings. The maximum Gasteiger partial charge on any atom is 0.275 e. The van der Waals surface area contributed by atoms with Crippen LogP contribution in [0.3, 0.4) is 0 Å². The van der Waals surface area contributed by atoms with Crippen LogP contribution >= 0.6 is 0 Å². The van der Waals surface area contributed by atoms with Crippen LogP contribution < -0.4 is 0 Å². The number of amides is 1. The molecule has 1 N–H and O–H groups in total. The molecular formula is C15H21N5O2. The predicted octanol–water partition coefficient (Wildman–Crippen LogP) is 1.46. The minimum atomic E-state index is -0.143. The van der Waals surface area contributed by atoms with Crippen molar-refractivity contribution < 1.29 is 9.53 Å². The fourth-order valence-corrected chi connectivity index (χ4v) is 2.86. The van der Waals surface area contributed by atoms with Crippen molar-refractivity contribution in [3.05, 3.63) is 34.9 Å². The van der Waals surface area contributed by atoms with E-state index in [0.717, 1.165) is 23.5 Å². The Kier molecular flexibility index (Phi) is 3.98. The number of hydrogen-bond acceptors (Lipinski definition) is 4. The minimum Gasteiger partial charge on any atom is -0.377 e. The summed E-state index contributed by atoms with van der Waals surface area (Å²) in [6.45, 7) is 8.28. The van der Waals surface area contributed by atoms with E-state index >= 15 is 0 Å². The number of morpholine rings is 1. The summed E-state index contributed by atoms with van der Waals surface area (Å²) in [7, 11) is 0. The summed E-state index contributed by atoms with van der Waals surface area (Å²) in [6, 6.07) is 1.70. The second kappa shape index (κ2) is 5.92. The first-order chi connectivity index (χ1) is 10.6. The topological polar surface area (TPSA) is 76.0 Å². The summed E-state index contributed by atoms with van der Waals surface area (Å²) in [5, 5.41) is 11.4. The highest BCUT2D eigenvalue weighted by Gasteiger charge is 2.32. The van der Waals surface area contributed by atoms with Crippen LogP contribution in [0.15, 0.2) is 12.3 Å². The molecule has 1 saturated heterocycles. The molecule has 1 atom stereocenters. The van der Waals surface area contributed by atoms with Crippen molar-refractivity contribution in [2.75, 3.05) is 19.8 Å². The molecule has 0 aromatic carbocycles. The van der Waals surface area contributed by atoms with E-state index in [1.54, 1.807) is 6.20 Å². The fraction of sp³-hybridized carbons (Fsp3) is 0.533. The largest absolute Gasteiger partial charge is 0.377 e. The number of ether oxygens (including phenoxy) is 1. The molecule has 0 aliphatic carbocycles. The van der Waals surface area contributed by atoms with Crippen LogP contribution in [0, 0.1) is 13.8 Å². The van der Waals surface area contributed by atoms with Gasteiger partial charge in [0.1, 0.15) is 0 Å². The highest BCUT2D eigenvalue weighted by Crippen LogP contribution is 2.26. The third-order valence-electron chi connectivity index (χ3n) is 4.09. The predicted molar refractivity (Wildman–Crippen MR) is 80.6 cm³/mol. The Morgan fingerprint density at radius 2 is 2.32 bits per heavy atom. The monoisotopic (exact) mass is 303 g/mol. The quantitative estimate of drug-likeness (QED) is 0.931. The van der Waals surface area contributed by atoms with Crippen molar-refractivity contribution in [3.8, 4) is 0 Å². The molecule has 3 rings (SSSR count). The molecule has 118 valence electrons. The van der Waals surface area contributed by atoms with Crippen molar-refractivity contribution >= 4 is 5.91 Å². The van der Waals surface area contributed by atoms with Gasteiger partial charge >= 0.3 is 0 Å². The molecule has 1 aliphatic heterocycles. The average molecular weight is 303 g/mol. The van der Waals surface area contributed by atoms with Gasteiger partial charge in [0.15, 0.2) is 5.69 Å². The highest BCUT2D eigenvalue weighted by molar-refractivity contribution is 5.92. The van der Waals surface area contributed by atoms with Gasteiger partial charge in [-0.1, -0.05) is 0 Å². The Morgan fingerprint density at radius 1 is 1.50 bits per heavy atom. The Labute approximate surface area is 129 Å². The van der Waals surface area contributed by atoms with Gasteiger partial charge in [-0.25, -0.2) is 0 Å². The molecular weight excluding hydrogens is 282 g/mol. The number of hydrogen-bond donors (Lipinski definition) is 1. The summed E-state index contributed by atoms with van der Waals surface area (Å²) in [6.07, 6.45) is 1.77. The number of carbonyl (C=O) groups excluding carboxylic acids is 1. The van der Waals surface area contributed by atoms with E-state index in [2.05, 4.69) is 15.3 Å². The van der Waals surface area contributed by atoms with Crippen LogP contribution in [0.4, 0.5) is 0 Å². The van der Waals surface area contributed by atoms with E-state index < -0.39 is 0 Å². The molecule has 3 heterocycles. The summed E-state index contributed by atoms with van der Waals surface area (Å²) in [4.78, 5) is 14.7. The van der Waals surface area contributed by atoms with Gasteiger partial charge in [-0.2, -0.15) is 10.2 Å². The number of nitrogens with one attached hydrogen (secondary N) is 1. The smallest absolute Gasteiger partial charge is 0.275 e. The summed E-state index contributed by atoms with van der Waals surface area (Å²) >= 11 is 0. The number of carbonyl (C=O) groups is 1. The number of rotatable bonds is 3. The first-order valence-electron chi connectivity index (χ1n) is 7.54. The van der Waals surface area contributed by atoms with E-state index in [0.29, 0.717) is 25.5 Å². The number of nitrogens with zero attached hydrogens (tertiary/aromatic N) is 4. The van der Waals surface area contributed by atoms with Crippen molar-refractivity contribution in [2.45, 2.75) is 33.4 Å². The minimum absolute atomic E-state index is 0.0578. The molecule has 2 aromatic heterocycles. The van der Waals surface area contributed by atoms with Crippen LogP contribution in [-0.2, 0) is 11.3 Å². The number of aryl methyl sites for hydroxylation is 3. The second-order valence-corrected chi connectivity index (χ2v) is 5.54. The van der Waals surface area contributed by atoms with E-state index in [-0.39, 0.29) is 11.9 Å². The lowest BCUT2D eigenvalue weighted by Crippen LogP contribution is -2.44. The molecule has 7 heteroatoms. The van der Waals surface area contributed by atoms with Gasteiger partial charge in [0, 0.05) is 18.8 Å². The Balaban J connectivity index is 1.90. The average Bonchev–Trinajstić information content (AvgIpc) is 3.12. The lowest BCUT2D eigenvalue weighted by molar-refractivity contribution is -0.00442. The van der Waals surface area contributed by atoms with Crippen LogP contribution in [0.1, 0.15) is 40.4 Å². The lowest BCUT2D eigenvalue weighted by Gasteiger charge is -2.34. The van der Waals surface area contributed by atoms with Gasteiger partial charge in [0.2, 0.25) is 0 Å². The summed E-state index contributed by atoms with van der Waals surface area (Å²) in [5.74, 6) is -0.0578. The van der Waals surface area contributed by atoms with Gasteiger partial charge in [-0.3, -0.25) is 14.6 Å². The molecule has 0 bridgehead atoms. The lowest BCUT2D eigenvalue weighted by atomic mass is 10.1. The van der Waals surface area contributed by atoms with Gasteiger partial charge in [-0.15, -0.1) is 0 Å². The second-order valence-electron chi connectivity index (χ2n) is 5.54. The molecule has 22 heavy (non-hydrogen) atoms. The molecule has 1 fully saturated rings. The van der Waals surface area contributed by atoms with Gasteiger partial charge in [0.25, 0.3) is 5.91 Å². The fourth-order valence-electron chi connectivity index (χ4n) is 2.86. The first kappa shape index (κ1) is 14.8. The van der Waals surface area contributed by atoms with E-state index in [1.807, 2.05) is 36.4 Å². The number of aromatic amines is 1. The molecule has 0 spiro atoms. The van der Waals surface area contributed by atoms with Gasteiger partial charge in [0.05, 0.1) is 31.1 Å². The van der Waals surface area contributed by atoms with Crippen molar-refractivity contribution in [1.29, 1.82) is 0 Å². The standard InChI is InChI=1S/C15H21N5O2/c1-4-20-11(3)7-12(18-20)15(21)19-5-6-22-9-13(19)14-10(2)8-16-17-14/h7-8,13H,4-6,9H2,1-3H3,(H,16,17). The van der Waals surface area contributed by atoms with E-state index in [1.165, 1.54) is 0 Å². The first-order valence-corrected chi connectivity index (χ1v) is 7.54. The number of H-pyrrole nitrogens is 1. The molecule has 1 unspecified atom stereocenters. The third kappa shape index (κ3) is 2.52. The molecule has 2 aromatic rings. The third-order valence-corrected chi connectivity index (χ3v) is 4.09. The normalized spacial score (nSPS) is 18.7. The maximum atomic E-state index is 12.9. The summed E-state index contributed by atoms with van der Waals surface area (Å²) < 4.78 is 7.40. The van der Waals surface area contributed by atoms with Crippen molar-refractivity contribution in [1.82, 2.24) is 24.9 Å². The van der Waals surface area contributed by atoms with Gasteiger partial charge in [-0.05, 0) is 32.4 Å². The Morgan fingerprint density at radius 3 is 2.95 bits per heavy atom. The molecule has 7 nitrogen and oxygen atoms in total. The van der Waals surface area contributed by atoms with Crippen LogP contribution in [0.25, 0.3) is 0 Å². The SMILES string of the molecule is CCn1nc(C(=O)N2CCOCC2c2[nH]ncc2C)cc1C. The van der Waals surface area contributed by atoms with E-state index in [9.17, 15) is 4.79 Å². The summed E-state index contributed by atoms with van der Waals surface area (Å²) in [5.41, 5.74) is 3.44. The maximum absolute atomic E-state index is 12.9. The van der Waals surface area contributed by atoms with Crippen molar-refractivity contribution in [2.24, 2.45) is 0 Å². The molecule has 0 radical (unpaired) electrons. The van der Waals surface area contributed by atoms with Crippen LogP contribution in [0.5, 0.6) is 0 Å². The van der Waals surface area contributed by atoms with Gasteiger partial charge < -0.3 is 9.64 Å². The Hall–Kier alpha value is -2.15. The van der Waals surface area contributed by atoms with Crippen LogP contribution in [-0.4, -0.2) is 50.5 Å². The zero-order valence-corrected chi connectivity index (χ0v) is 13.2.